The van der Waals surface area contributed by atoms with E-state index in [1.807, 2.05) is 73.7 Å². The zero-order chi connectivity index (χ0) is 61.9. The zero-order valence-corrected chi connectivity index (χ0v) is 50.6. The zero-order valence-electron chi connectivity index (χ0n) is 50.6. The maximum absolute atomic E-state index is 15.2. The highest BCUT2D eigenvalue weighted by Crippen LogP contribution is 2.63. The number of allylic oxidation sites excluding steroid dienone is 5. The number of likely N-dealkylation sites (N-methyl/N-ethyl adjacent to an activating group) is 1. The number of fused-ring (bicyclic) bond motifs is 4. The molecule has 2 aliphatic carbocycles. The van der Waals surface area contributed by atoms with Crippen LogP contribution in [0.5, 0.6) is 5.75 Å². The molecule has 2 fully saturated rings. The molecule has 4 aromatic carbocycles. The molecule has 0 radical (unpaired) electrons. The molecule has 12 unspecified atom stereocenters. The van der Waals surface area contributed by atoms with Crippen LogP contribution in [0.1, 0.15) is 143 Å². The van der Waals surface area contributed by atoms with Crippen LogP contribution in [-0.4, -0.2) is 109 Å². The molecule has 16 N–H and O–H groups in total. The summed E-state index contributed by atoms with van der Waals surface area (Å²) in [6.45, 7) is 12.0. The SMILES string of the molecule is C=C(C=CC=C(CO)C1CCC2(C3CCC(O)Cc4cccc(c4)CC(C(CN=C(N)N)c4ccc(O)cc4)C(O)CNC4C(=O)NC(N)c5cccc(c54)CC(=O)C(C)=C3CCC2(C)O)C1O)C(O)(CC=C(C)CCCc1ccccc1)NCC. The van der Waals surface area contributed by atoms with Crippen LogP contribution in [0.4, 0.5) is 0 Å². The minimum absolute atomic E-state index is 0.0641. The Morgan fingerprint density at radius 2 is 1.67 bits per heavy atom. The topological polar surface area (TPSA) is 302 Å². The van der Waals surface area contributed by atoms with E-state index in [9.17, 15) is 40.5 Å². The summed E-state index contributed by atoms with van der Waals surface area (Å²) in [5.41, 5.74) is 23.3. The third-order valence-corrected chi connectivity index (χ3v) is 19.3. The lowest BCUT2D eigenvalue weighted by atomic mass is 9.52. The summed E-state index contributed by atoms with van der Waals surface area (Å²) in [4.78, 5) is 33.8. The van der Waals surface area contributed by atoms with E-state index in [-0.39, 0.29) is 62.9 Å². The van der Waals surface area contributed by atoms with Gasteiger partial charge < -0.3 is 58.3 Å². The Hall–Kier alpha value is -6.57. The predicted molar refractivity (Wildman–Crippen MR) is 338 cm³/mol. The number of nitrogens with two attached hydrogens (primary N) is 3. The van der Waals surface area contributed by atoms with Gasteiger partial charge in [-0.15, -0.1) is 0 Å². The number of ketones is 1. The standard InChI is InChI=1S/C70H93N7O9/c1-6-76-70(86,35-30-43(2)14-10-18-46-16-8-7-9-17-46)44(3)15-11-22-51(42-78)55-32-34-69(64(55)83)59-29-28-53(80)37-47-19-12-20-48(36-47)38-57(58(40-75-67(72)73)49-24-26-52(79)27-25-49)61(82)41-74-63-62-50(21-13-23-56(62)65(71)77-66(63)84)39-60(81)45(4)54(59)31-33-68(69,5)85/h7-9,11-13,15-17,19-27,30,36,53,55,57-59,61,63-65,74,76,78-80,82-83,85-86H,3,6,10,14,18,28-29,31-35,37-42,71H2,1-2,4-5H3,(H,77,84)(H4,72,73,75). The van der Waals surface area contributed by atoms with Gasteiger partial charge in [0.05, 0.1) is 30.5 Å². The Morgan fingerprint density at radius 3 is 2.38 bits per heavy atom. The van der Waals surface area contributed by atoms with E-state index < -0.39 is 76.8 Å². The van der Waals surface area contributed by atoms with Crippen molar-refractivity contribution in [2.24, 2.45) is 45.4 Å². The lowest BCUT2D eigenvalue weighted by Gasteiger charge is -2.56. The Morgan fingerprint density at radius 1 is 0.953 bits per heavy atom. The number of aryl methyl sites for hydroxylation is 1. The van der Waals surface area contributed by atoms with Crippen LogP contribution in [0.15, 0.2) is 161 Å². The third-order valence-electron chi connectivity index (χ3n) is 19.3. The molecule has 4 aromatic rings. The van der Waals surface area contributed by atoms with E-state index in [0.717, 1.165) is 47.1 Å². The van der Waals surface area contributed by atoms with Gasteiger partial charge >= 0.3 is 0 Å². The number of carbonyl (C=O) groups is 2. The predicted octanol–water partition coefficient (Wildman–Crippen LogP) is 7.12. The van der Waals surface area contributed by atoms with Crippen LogP contribution < -0.4 is 33.2 Å². The summed E-state index contributed by atoms with van der Waals surface area (Å²) >= 11 is 0. The first-order valence-electron chi connectivity index (χ1n) is 30.8. The second-order valence-corrected chi connectivity index (χ2v) is 24.9. The summed E-state index contributed by atoms with van der Waals surface area (Å²) < 4.78 is 0. The number of phenolic OH excluding ortho intramolecular Hbond substituents is 1. The monoisotopic (exact) mass is 1180 g/mol. The molecule has 1 spiro atoms. The number of hydrogen-bond acceptors (Lipinski definition) is 13. The van der Waals surface area contributed by atoms with Gasteiger partial charge in [0.25, 0.3) is 0 Å². The van der Waals surface area contributed by atoms with Crippen LogP contribution in [0.2, 0.25) is 0 Å². The number of β-amino-alcohol motifs (C(OH)–C–C–N with tert-alkyl or cyclic N) is 1. The molecular weight excluding hydrogens is 1080 g/mol. The number of amides is 1. The molecule has 0 saturated heterocycles. The molecule has 2 heterocycles. The van der Waals surface area contributed by atoms with Gasteiger partial charge in [0, 0.05) is 43.2 Å². The molecule has 16 nitrogen and oxygen atoms in total. The van der Waals surface area contributed by atoms with Gasteiger partial charge in [0.2, 0.25) is 5.91 Å². The van der Waals surface area contributed by atoms with Gasteiger partial charge in [-0.2, -0.15) is 0 Å². The molecule has 12 atom stereocenters. The molecule has 462 valence electrons. The quantitative estimate of drug-likeness (QED) is 0.0165. The largest absolute Gasteiger partial charge is 0.508 e. The molecule has 86 heavy (non-hydrogen) atoms. The second-order valence-electron chi connectivity index (χ2n) is 24.9. The fraction of sp³-hybridized carbons (Fsp3) is 0.471. The van der Waals surface area contributed by atoms with Gasteiger partial charge in [-0.3, -0.25) is 25.2 Å². The Bertz CT molecular complexity index is 3170. The van der Waals surface area contributed by atoms with Crippen LogP contribution in [0.25, 0.3) is 0 Å². The molecule has 0 aromatic heterocycles. The maximum atomic E-state index is 15.2. The van der Waals surface area contributed by atoms with E-state index in [2.05, 4.69) is 46.6 Å². The van der Waals surface area contributed by atoms with Crippen molar-refractivity contribution in [1.29, 1.82) is 0 Å². The molecular formula is C70H93N7O9. The number of Topliss-reactive ketones (excluding diaryl/α,β-unsaturated/α-hetero) is 1. The summed E-state index contributed by atoms with van der Waals surface area (Å²) in [7, 11) is 0. The van der Waals surface area contributed by atoms with E-state index in [0.29, 0.717) is 78.5 Å². The molecule has 2 saturated carbocycles. The molecule has 2 bridgehead atoms. The Kier molecular flexibility index (Phi) is 22.0. The van der Waals surface area contributed by atoms with Crippen LogP contribution >= 0.6 is 0 Å². The number of aliphatic hydroxyl groups is 6. The Balaban J connectivity index is 1.13. The van der Waals surface area contributed by atoms with Crippen molar-refractivity contribution in [2.75, 3.05) is 26.2 Å². The molecule has 8 rings (SSSR count). The molecule has 16 heteroatoms. The Labute approximate surface area is 507 Å². The van der Waals surface area contributed by atoms with Crippen molar-refractivity contribution in [3.63, 3.8) is 0 Å². The highest BCUT2D eigenvalue weighted by Gasteiger charge is 2.64. The van der Waals surface area contributed by atoms with Gasteiger partial charge in [0.1, 0.15) is 23.7 Å². The number of benzene rings is 4. The van der Waals surface area contributed by atoms with Crippen LogP contribution in [-0.2, 0) is 35.3 Å². The van der Waals surface area contributed by atoms with Gasteiger partial charge in [-0.05, 0) is 178 Å². The normalized spacial score (nSPS) is 28.1. The van der Waals surface area contributed by atoms with Crippen molar-refractivity contribution in [3.8, 4) is 5.75 Å². The van der Waals surface area contributed by atoms with Crippen molar-refractivity contribution < 1.29 is 45.3 Å². The number of rotatable bonds is 17. The summed E-state index contributed by atoms with van der Waals surface area (Å²) in [5, 5.41) is 93.3. The summed E-state index contributed by atoms with van der Waals surface area (Å²) in [6.07, 6.45) is 8.80. The van der Waals surface area contributed by atoms with Gasteiger partial charge in [-0.1, -0.05) is 134 Å². The minimum atomic E-state index is -1.44. The van der Waals surface area contributed by atoms with Crippen molar-refractivity contribution in [1.82, 2.24) is 16.0 Å². The number of carbonyl (C=O) groups excluding carboxylic acids is 2. The highest BCUT2D eigenvalue weighted by atomic mass is 16.3. The summed E-state index contributed by atoms with van der Waals surface area (Å²) in [5.74, 6) is -2.93. The van der Waals surface area contributed by atoms with Crippen molar-refractivity contribution in [2.45, 2.75) is 159 Å². The highest BCUT2D eigenvalue weighted by molar-refractivity contribution is 5.98. The second kappa shape index (κ2) is 29.0. The van der Waals surface area contributed by atoms with E-state index in [1.54, 1.807) is 56.3 Å². The first kappa shape index (κ1) is 65.4. The maximum Gasteiger partial charge on any atom is 0.243 e. The number of aromatic hydroxyl groups is 1. The number of phenols is 1. The van der Waals surface area contributed by atoms with E-state index in [1.165, 1.54) is 5.56 Å². The lowest BCUT2D eigenvalue weighted by molar-refractivity contribution is -0.168. The first-order valence-corrected chi connectivity index (χ1v) is 30.8. The average Bonchev–Trinajstić information content (AvgIpc) is 1.44. The molecule has 2 aliphatic heterocycles. The van der Waals surface area contributed by atoms with Crippen molar-refractivity contribution >= 4 is 17.6 Å². The van der Waals surface area contributed by atoms with Gasteiger partial charge in [0.15, 0.2) is 11.7 Å². The number of guanidine groups is 1. The van der Waals surface area contributed by atoms with Gasteiger partial charge in [-0.25, -0.2) is 0 Å². The van der Waals surface area contributed by atoms with Crippen LogP contribution in [0, 0.1) is 23.2 Å². The fourth-order valence-electron chi connectivity index (χ4n) is 14.5. The number of aliphatic imine (C=N–C) groups is 1. The number of nitrogens with zero attached hydrogens (tertiary/aromatic N) is 1. The van der Waals surface area contributed by atoms with Crippen LogP contribution in [0.3, 0.4) is 0 Å². The minimum Gasteiger partial charge on any atom is -0.508 e. The summed E-state index contributed by atoms with van der Waals surface area (Å²) in [6, 6.07) is 29.3. The van der Waals surface area contributed by atoms with E-state index in [4.69, 9.17) is 17.2 Å². The fourth-order valence-corrected chi connectivity index (χ4v) is 14.5. The molecule has 4 aliphatic rings. The third kappa shape index (κ3) is 15.0. The smallest absolute Gasteiger partial charge is 0.243 e. The first-order chi connectivity index (χ1) is 41.1. The number of aliphatic hydroxyl groups excluding tert-OH is 4. The van der Waals surface area contributed by atoms with Crippen molar-refractivity contribution in [3.05, 3.63) is 195 Å². The molecule has 1 amide bonds. The average molecular weight is 1180 g/mol. The lowest BCUT2D eigenvalue weighted by Crippen LogP contribution is -2.59. The number of nitrogens with one attached hydrogen (secondary N) is 3. The van der Waals surface area contributed by atoms with E-state index >= 15 is 4.79 Å². The number of hydrogen-bond donors (Lipinski definition) is 13.